The van der Waals surface area contributed by atoms with E-state index in [0.717, 1.165) is 12.1 Å². The monoisotopic (exact) mass is 285 g/mol. The number of carbonyl (C=O) groups is 2. The van der Waals surface area contributed by atoms with Gasteiger partial charge in [-0.1, -0.05) is 0 Å². The number of anilines is 2. The van der Waals surface area contributed by atoms with Gasteiger partial charge in [-0.2, -0.15) is 0 Å². The van der Waals surface area contributed by atoms with Crippen LogP contribution in [0, 0.1) is 11.6 Å². The molecular formula is C13H17F2N3O2. The fraction of sp³-hybridized carbons (Fsp3) is 0.385. The Balaban J connectivity index is 2.83. The molecule has 0 fully saturated rings. The fourth-order valence-electron chi connectivity index (χ4n) is 1.58. The van der Waals surface area contributed by atoms with E-state index in [9.17, 15) is 18.4 Å². The molecule has 1 aromatic carbocycles. The second kappa shape index (κ2) is 7.54. The Kier molecular flexibility index (Phi) is 6.05. The zero-order chi connectivity index (χ0) is 15.1. The van der Waals surface area contributed by atoms with Crippen LogP contribution in [0.4, 0.5) is 20.2 Å². The summed E-state index contributed by atoms with van der Waals surface area (Å²) in [5.41, 5.74) is 0.0620. The van der Waals surface area contributed by atoms with Gasteiger partial charge in [-0.3, -0.25) is 9.59 Å². The van der Waals surface area contributed by atoms with Crippen molar-refractivity contribution < 1.29 is 18.4 Å². The molecule has 1 rings (SSSR count). The van der Waals surface area contributed by atoms with E-state index in [1.54, 1.807) is 7.05 Å². The van der Waals surface area contributed by atoms with Gasteiger partial charge in [0.25, 0.3) is 0 Å². The van der Waals surface area contributed by atoms with Crippen LogP contribution in [0.25, 0.3) is 0 Å². The molecule has 2 amide bonds. The molecule has 20 heavy (non-hydrogen) atoms. The van der Waals surface area contributed by atoms with Crippen molar-refractivity contribution in [3.63, 3.8) is 0 Å². The zero-order valence-electron chi connectivity index (χ0n) is 11.3. The van der Waals surface area contributed by atoms with Crippen molar-refractivity contribution in [2.75, 3.05) is 24.2 Å². The Labute approximate surface area is 115 Å². The maximum Gasteiger partial charge on any atom is 0.224 e. The van der Waals surface area contributed by atoms with Crippen LogP contribution in [-0.4, -0.2) is 25.4 Å². The molecule has 7 heteroatoms. The van der Waals surface area contributed by atoms with Gasteiger partial charge in [0.15, 0.2) is 11.6 Å². The minimum Gasteiger partial charge on any atom is -0.324 e. The van der Waals surface area contributed by atoms with Crippen LogP contribution in [0.1, 0.15) is 19.8 Å². The zero-order valence-corrected chi connectivity index (χ0v) is 11.3. The van der Waals surface area contributed by atoms with Crippen molar-refractivity contribution in [2.45, 2.75) is 19.8 Å². The average molecular weight is 285 g/mol. The highest BCUT2D eigenvalue weighted by molar-refractivity contribution is 5.98. The molecule has 0 aromatic heterocycles. The largest absolute Gasteiger partial charge is 0.324 e. The molecular weight excluding hydrogens is 268 g/mol. The van der Waals surface area contributed by atoms with E-state index in [1.807, 2.05) is 0 Å². The minimum absolute atomic E-state index is 0.0263. The minimum atomic E-state index is -1.10. The Hall–Kier alpha value is -2.02. The summed E-state index contributed by atoms with van der Waals surface area (Å²) in [6.07, 6.45) is 0.848. The van der Waals surface area contributed by atoms with Crippen LogP contribution in [0.3, 0.4) is 0 Å². The SMILES string of the molecule is CNCCCC(=O)Nc1cc(F)c(F)cc1NC(C)=O. The van der Waals surface area contributed by atoms with Crippen molar-refractivity contribution in [2.24, 2.45) is 0 Å². The van der Waals surface area contributed by atoms with Crippen LogP contribution < -0.4 is 16.0 Å². The number of halogens is 2. The molecule has 110 valence electrons. The van der Waals surface area contributed by atoms with Gasteiger partial charge in [-0.15, -0.1) is 0 Å². The molecule has 0 spiro atoms. The third-order valence-electron chi connectivity index (χ3n) is 2.48. The van der Waals surface area contributed by atoms with Gasteiger partial charge in [0.05, 0.1) is 11.4 Å². The van der Waals surface area contributed by atoms with Crippen molar-refractivity contribution in [3.05, 3.63) is 23.8 Å². The second-order valence-corrected chi connectivity index (χ2v) is 4.25. The van der Waals surface area contributed by atoms with E-state index in [2.05, 4.69) is 16.0 Å². The summed E-state index contributed by atoms with van der Waals surface area (Å²) in [5, 5.41) is 7.69. The van der Waals surface area contributed by atoms with Gasteiger partial charge in [0, 0.05) is 25.5 Å². The smallest absolute Gasteiger partial charge is 0.224 e. The highest BCUT2D eigenvalue weighted by atomic mass is 19.2. The Morgan fingerprint density at radius 3 is 2.15 bits per heavy atom. The highest BCUT2D eigenvalue weighted by Gasteiger charge is 2.13. The molecule has 0 heterocycles. The topological polar surface area (TPSA) is 70.2 Å². The maximum atomic E-state index is 13.2. The van der Waals surface area contributed by atoms with Crippen LogP contribution >= 0.6 is 0 Å². The van der Waals surface area contributed by atoms with E-state index in [-0.39, 0.29) is 23.7 Å². The number of hydrogen-bond donors (Lipinski definition) is 3. The van der Waals surface area contributed by atoms with Crippen molar-refractivity contribution in [1.29, 1.82) is 0 Å². The van der Waals surface area contributed by atoms with Crippen LogP contribution in [0.2, 0.25) is 0 Å². The van der Waals surface area contributed by atoms with Gasteiger partial charge in [0.1, 0.15) is 0 Å². The lowest BCUT2D eigenvalue weighted by Gasteiger charge is -2.12. The van der Waals surface area contributed by atoms with Crippen LogP contribution in [0.5, 0.6) is 0 Å². The molecule has 0 radical (unpaired) electrons. The predicted octanol–water partition coefficient (Wildman–Crippen LogP) is 1.86. The summed E-state index contributed by atoms with van der Waals surface area (Å²) >= 11 is 0. The number of benzene rings is 1. The van der Waals surface area contributed by atoms with Gasteiger partial charge in [-0.25, -0.2) is 8.78 Å². The van der Waals surface area contributed by atoms with Gasteiger partial charge in [-0.05, 0) is 20.0 Å². The fourth-order valence-corrected chi connectivity index (χ4v) is 1.58. The number of rotatable bonds is 6. The van der Waals surface area contributed by atoms with Gasteiger partial charge in [0.2, 0.25) is 11.8 Å². The first-order valence-corrected chi connectivity index (χ1v) is 6.15. The summed E-state index contributed by atoms with van der Waals surface area (Å²) in [5.74, 6) is -2.97. The number of nitrogens with one attached hydrogen (secondary N) is 3. The standard InChI is InChI=1S/C13H17F2N3O2/c1-8(19)17-11-6-9(14)10(15)7-12(11)18-13(20)4-3-5-16-2/h6-7,16H,3-5H2,1-2H3,(H,17,19)(H,18,20). The maximum absolute atomic E-state index is 13.2. The normalized spacial score (nSPS) is 10.2. The molecule has 0 saturated heterocycles. The molecule has 5 nitrogen and oxygen atoms in total. The third kappa shape index (κ3) is 4.93. The predicted molar refractivity (Wildman–Crippen MR) is 72.5 cm³/mol. The van der Waals surface area contributed by atoms with E-state index in [1.165, 1.54) is 6.92 Å². The van der Waals surface area contributed by atoms with Crippen molar-refractivity contribution in [1.82, 2.24) is 5.32 Å². The summed E-state index contributed by atoms with van der Waals surface area (Å²) < 4.78 is 26.4. The Morgan fingerprint density at radius 1 is 1.10 bits per heavy atom. The van der Waals surface area contributed by atoms with Crippen LogP contribution in [-0.2, 0) is 9.59 Å². The number of carbonyl (C=O) groups excluding carboxylic acids is 2. The summed E-state index contributed by atoms with van der Waals surface area (Å²) in [7, 11) is 1.77. The molecule has 0 aliphatic carbocycles. The second-order valence-electron chi connectivity index (χ2n) is 4.25. The number of amides is 2. The lowest BCUT2D eigenvalue weighted by atomic mass is 10.2. The molecule has 3 N–H and O–H groups in total. The summed E-state index contributed by atoms with van der Waals surface area (Å²) in [6.45, 7) is 1.91. The van der Waals surface area contributed by atoms with Gasteiger partial charge >= 0.3 is 0 Å². The Bertz CT molecular complexity index is 507. The molecule has 0 aliphatic heterocycles. The quantitative estimate of drug-likeness (QED) is 0.699. The first-order valence-electron chi connectivity index (χ1n) is 6.15. The molecule has 0 aliphatic rings. The molecule has 0 atom stereocenters. The molecule has 0 unspecified atom stereocenters. The molecule has 0 bridgehead atoms. The first-order chi connectivity index (χ1) is 9.43. The van der Waals surface area contributed by atoms with E-state index in [4.69, 9.17) is 0 Å². The molecule has 1 aromatic rings. The first kappa shape index (κ1) is 16.0. The highest BCUT2D eigenvalue weighted by Crippen LogP contribution is 2.25. The lowest BCUT2D eigenvalue weighted by Crippen LogP contribution is -2.17. The number of hydrogen-bond acceptors (Lipinski definition) is 3. The lowest BCUT2D eigenvalue weighted by molar-refractivity contribution is -0.116. The van der Waals surface area contributed by atoms with E-state index < -0.39 is 17.5 Å². The summed E-state index contributed by atoms with van der Waals surface area (Å²) in [6, 6.07) is 1.68. The summed E-state index contributed by atoms with van der Waals surface area (Å²) in [4.78, 5) is 22.7. The van der Waals surface area contributed by atoms with Crippen molar-refractivity contribution >= 4 is 23.2 Å². The Morgan fingerprint density at radius 2 is 1.65 bits per heavy atom. The molecule has 0 saturated carbocycles. The third-order valence-corrected chi connectivity index (χ3v) is 2.48. The van der Waals surface area contributed by atoms with Crippen molar-refractivity contribution in [3.8, 4) is 0 Å². The average Bonchev–Trinajstić information content (AvgIpc) is 2.35. The van der Waals surface area contributed by atoms with Gasteiger partial charge < -0.3 is 16.0 Å². The van der Waals surface area contributed by atoms with E-state index in [0.29, 0.717) is 13.0 Å². The van der Waals surface area contributed by atoms with E-state index >= 15 is 0 Å². The van der Waals surface area contributed by atoms with Crippen LogP contribution in [0.15, 0.2) is 12.1 Å².